The first-order chi connectivity index (χ1) is 31.4. The molecule has 0 radical (unpaired) electrons. The Kier molecular flexibility index (Phi) is 14.8. The molecular weight excluding hydrogens is 863 g/mol. The summed E-state index contributed by atoms with van der Waals surface area (Å²) < 4.78 is 47.9. The van der Waals surface area contributed by atoms with E-state index in [1.54, 1.807) is 27.2 Å². The summed E-state index contributed by atoms with van der Waals surface area (Å²) in [6.45, 7) is 13.0. The van der Waals surface area contributed by atoms with Crippen molar-refractivity contribution in [3.63, 3.8) is 0 Å². The number of esters is 1. The summed E-state index contributed by atoms with van der Waals surface area (Å²) in [5, 5.41) is 4.10. The molecule has 7 rings (SSSR count). The highest BCUT2D eigenvalue weighted by Crippen LogP contribution is 2.42. The SMILES string of the molecule is CCn1c(-c2cccnc2[C@H](C)OC)c2c3cc(ccc31)N1CCS(=O)(=O)C(CC(NC(=O)[C@H](C(C)C)N(C)C(=O)OCc3ccccc3)C(=O)N3CCC[C@H](N3)C(=O)OCC(C)(C)C2)C1. The van der Waals surface area contributed by atoms with E-state index in [-0.39, 0.29) is 51.1 Å². The van der Waals surface area contributed by atoms with E-state index in [1.807, 2.05) is 54.3 Å². The Morgan fingerprint density at radius 3 is 2.53 bits per heavy atom. The molecule has 4 aromatic rings. The lowest BCUT2D eigenvalue weighted by Crippen LogP contribution is -2.63. The number of nitrogens with zero attached hydrogens (tertiary/aromatic N) is 5. The number of amides is 3. The van der Waals surface area contributed by atoms with Crippen LogP contribution in [0.1, 0.15) is 83.7 Å². The molecule has 2 unspecified atom stereocenters. The molecule has 3 aliphatic rings. The van der Waals surface area contributed by atoms with Crippen molar-refractivity contribution >= 4 is 50.3 Å². The van der Waals surface area contributed by atoms with Gasteiger partial charge in [-0.2, -0.15) is 0 Å². The number of pyridine rings is 1. The monoisotopic (exact) mass is 927 g/mol. The zero-order valence-electron chi connectivity index (χ0n) is 39.4. The number of rotatable bonds is 10. The first-order valence-electron chi connectivity index (χ1n) is 23.0. The Hall–Kier alpha value is -5.52. The fourth-order valence-electron chi connectivity index (χ4n) is 9.59. The third-order valence-corrected chi connectivity index (χ3v) is 15.3. The maximum absolute atomic E-state index is 14.7. The van der Waals surface area contributed by atoms with Crippen LogP contribution in [0.4, 0.5) is 10.5 Å². The van der Waals surface area contributed by atoms with Crippen molar-refractivity contribution in [2.75, 3.05) is 51.1 Å². The first-order valence-corrected chi connectivity index (χ1v) is 24.7. The van der Waals surface area contributed by atoms with Gasteiger partial charge in [0.15, 0.2) is 9.84 Å². The second kappa shape index (κ2) is 20.1. The molecule has 0 aliphatic carbocycles. The maximum atomic E-state index is 14.7. The fourth-order valence-corrected chi connectivity index (χ4v) is 11.3. The Bertz CT molecular complexity index is 2530. The van der Waals surface area contributed by atoms with Crippen LogP contribution in [0.3, 0.4) is 0 Å². The minimum Gasteiger partial charge on any atom is -0.464 e. The van der Waals surface area contributed by atoms with Gasteiger partial charge in [-0.1, -0.05) is 58.0 Å². The van der Waals surface area contributed by atoms with E-state index in [1.165, 1.54) is 17.0 Å². The number of ether oxygens (including phenoxy) is 3. The number of anilines is 1. The zero-order chi connectivity index (χ0) is 47.5. The van der Waals surface area contributed by atoms with Crippen LogP contribution in [0.25, 0.3) is 22.2 Å². The summed E-state index contributed by atoms with van der Waals surface area (Å²) in [6, 6.07) is 16.0. The van der Waals surface area contributed by atoms with Crippen molar-refractivity contribution in [2.45, 2.75) is 110 Å². The number of hydrazine groups is 1. The molecular formula is C49H65N7O9S. The average molecular weight is 928 g/mol. The lowest BCUT2D eigenvalue weighted by molar-refractivity contribution is -0.155. The topological polar surface area (TPSA) is 182 Å². The summed E-state index contributed by atoms with van der Waals surface area (Å²) in [7, 11) is -0.648. The molecule has 2 fully saturated rings. The molecule has 0 saturated carbocycles. The molecule has 16 nitrogen and oxygen atoms in total. The van der Waals surface area contributed by atoms with Crippen molar-refractivity contribution in [3.05, 3.63) is 83.7 Å². The van der Waals surface area contributed by atoms with Gasteiger partial charge < -0.3 is 29.0 Å². The van der Waals surface area contributed by atoms with Crippen molar-refractivity contribution in [3.8, 4) is 11.3 Å². The van der Waals surface area contributed by atoms with Gasteiger partial charge in [0.1, 0.15) is 24.7 Å². The van der Waals surface area contributed by atoms with E-state index in [0.717, 1.165) is 44.7 Å². The van der Waals surface area contributed by atoms with Crippen LogP contribution >= 0.6 is 0 Å². The van der Waals surface area contributed by atoms with Crippen LogP contribution in [0.5, 0.6) is 0 Å². The van der Waals surface area contributed by atoms with E-state index in [4.69, 9.17) is 19.2 Å². The Morgan fingerprint density at radius 1 is 1.06 bits per heavy atom. The van der Waals surface area contributed by atoms with Crippen LogP contribution in [0.15, 0.2) is 66.9 Å². The number of cyclic esters (lactones) is 1. The second-order valence-corrected chi connectivity index (χ2v) is 21.3. The normalized spacial score (nSPS) is 22.0. The number of hydrogen-bond acceptors (Lipinski definition) is 12. The molecule has 66 heavy (non-hydrogen) atoms. The van der Waals surface area contributed by atoms with Crippen molar-refractivity contribution in [2.24, 2.45) is 11.3 Å². The van der Waals surface area contributed by atoms with Crippen LogP contribution in [0.2, 0.25) is 0 Å². The molecule has 2 aromatic carbocycles. The van der Waals surface area contributed by atoms with Gasteiger partial charge in [0.2, 0.25) is 5.91 Å². The van der Waals surface area contributed by atoms with Crippen LogP contribution in [0, 0.1) is 11.3 Å². The minimum atomic E-state index is -3.77. The van der Waals surface area contributed by atoms with Crippen molar-refractivity contribution < 1.29 is 41.8 Å². The van der Waals surface area contributed by atoms with Crippen LogP contribution in [-0.2, 0) is 58.0 Å². The van der Waals surface area contributed by atoms with E-state index < -0.39 is 68.4 Å². The molecule has 5 heterocycles. The van der Waals surface area contributed by atoms with Gasteiger partial charge in [-0.3, -0.25) is 29.3 Å². The lowest BCUT2D eigenvalue weighted by Gasteiger charge is -2.39. The molecule has 2 N–H and O–H groups in total. The number of aromatic nitrogens is 2. The number of sulfone groups is 1. The molecule has 356 valence electrons. The van der Waals surface area contributed by atoms with Gasteiger partial charge in [0.05, 0.1) is 35.1 Å². The molecule has 3 aliphatic heterocycles. The number of aryl methyl sites for hydroxylation is 1. The van der Waals surface area contributed by atoms with E-state index in [2.05, 4.69) is 54.3 Å². The van der Waals surface area contributed by atoms with Gasteiger partial charge in [-0.15, -0.1) is 0 Å². The predicted octanol–water partition coefficient (Wildman–Crippen LogP) is 5.82. The number of likely N-dealkylation sites (N-methyl/N-ethyl adjacent to an activating group) is 1. The largest absolute Gasteiger partial charge is 0.464 e. The molecule has 17 heteroatoms. The number of carbonyl (C=O) groups excluding carboxylic acids is 4. The first kappa shape index (κ1) is 48.4. The molecule has 2 saturated heterocycles. The number of methoxy groups -OCH3 is 1. The number of nitrogens with one attached hydrogen (secondary N) is 2. The zero-order valence-corrected chi connectivity index (χ0v) is 40.2. The summed E-state index contributed by atoms with van der Waals surface area (Å²) in [5.41, 5.74) is 8.83. The van der Waals surface area contributed by atoms with Gasteiger partial charge in [0, 0.05) is 74.1 Å². The second-order valence-electron chi connectivity index (χ2n) is 18.9. The summed E-state index contributed by atoms with van der Waals surface area (Å²) in [4.78, 5) is 64.4. The summed E-state index contributed by atoms with van der Waals surface area (Å²) in [6.07, 6.45) is 1.86. The third-order valence-electron chi connectivity index (χ3n) is 13.2. The standard InChI is InChI=1S/C49H65N7O9S/c1-9-55-41-20-19-34-25-37(41)38(44(55)36-17-13-21-50-42(36)32(4)63-8)27-49(5,6)30-65-47(59)39-18-14-22-56(52-39)46(58)40(26-35-28-54(34)23-24-66(35,61)62)51-45(57)43(31(2)3)53(7)48(60)64-29-33-15-11-10-12-16-33/h10-13,15-17,19-21,25,31-32,35,39-40,43,52H,9,14,18,22-24,26-30H2,1-8H3,(H,51,57)/t32-,35?,39-,40?,43-/m0/s1. The predicted molar refractivity (Wildman–Crippen MR) is 252 cm³/mol. The third kappa shape index (κ3) is 10.4. The molecule has 5 atom stereocenters. The molecule has 2 aromatic heterocycles. The molecule has 6 bridgehead atoms. The highest BCUT2D eigenvalue weighted by Gasteiger charge is 2.42. The Morgan fingerprint density at radius 2 is 1.82 bits per heavy atom. The van der Waals surface area contributed by atoms with Crippen molar-refractivity contribution in [1.29, 1.82) is 0 Å². The van der Waals surface area contributed by atoms with E-state index >= 15 is 0 Å². The highest BCUT2D eigenvalue weighted by molar-refractivity contribution is 7.92. The number of fused-ring (bicyclic) bond motifs is 6. The lowest BCUT2D eigenvalue weighted by atomic mass is 9.84. The summed E-state index contributed by atoms with van der Waals surface area (Å²) >= 11 is 0. The minimum absolute atomic E-state index is 0.00569. The molecule has 3 amide bonds. The number of benzene rings is 2. The van der Waals surface area contributed by atoms with Gasteiger partial charge in [-0.25, -0.2) is 18.6 Å². The van der Waals surface area contributed by atoms with E-state index in [9.17, 15) is 27.6 Å². The summed E-state index contributed by atoms with van der Waals surface area (Å²) in [5.74, 6) is -2.35. The van der Waals surface area contributed by atoms with Crippen molar-refractivity contribution in [1.82, 2.24) is 30.2 Å². The quantitative estimate of drug-likeness (QED) is 0.182. The van der Waals surface area contributed by atoms with E-state index in [0.29, 0.717) is 25.8 Å². The van der Waals surface area contributed by atoms with Crippen LogP contribution in [-0.4, -0.2) is 121 Å². The van der Waals surface area contributed by atoms with Gasteiger partial charge in [0.25, 0.3) is 5.91 Å². The number of carbonyl (C=O) groups is 4. The fraction of sp³-hybridized carbons (Fsp3) is 0.531. The Balaban J connectivity index is 1.28. The maximum Gasteiger partial charge on any atom is 0.410 e. The van der Waals surface area contributed by atoms with Gasteiger partial charge in [-0.05, 0) is 86.9 Å². The van der Waals surface area contributed by atoms with Gasteiger partial charge >= 0.3 is 12.1 Å². The molecule has 0 spiro atoms. The smallest absolute Gasteiger partial charge is 0.410 e. The van der Waals surface area contributed by atoms with Crippen LogP contribution < -0.4 is 15.6 Å². The Labute approximate surface area is 388 Å². The average Bonchev–Trinajstić information content (AvgIpc) is 3.60. The highest BCUT2D eigenvalue weighted by atomic mass is 32.2. The number of hydrogen-bond donors (Lipinski definition) is 2.